The predicted octanol–water partition coefficient (Wildman–Crippen LogP) is 3.22. The minimum Gasteiger partial charge on any atom is -0.493 e. The second kappa shape index (κ2) is 6.32. The number of pyridine rings is 1. The van der Waals surface area contributed by atoms with E-state index in [1.165, 1.54) is 5.56 Å². The number of aromatic nitrogens is 1. The molecule has 1 aliphatic rings. The highest BCUT2D eigenvalue weighted by Gasteiger charge is 2.20. The standard InChI is InChI=1S/C20H18N2O2/c23-20(18-10-9-15-5-1-3-7-17(15)22-18)21-12-14-11-16-6-2-4-8-19(16)24-13-14/h1-10,14H,11-13H2,(H,21,23)/t14-/m0/s1. The normalized spacial score (nSPS) is 16.2. The Morgan fingerprint density at radius 3 is 2.88 bits per heavy atom. The van der Waals surface area contributed by atoms with Gasteiger partial charge in [0.1, 0.15) is 11.4 Å². The van der Waals surface area contributed by atoms with E-state index in [1.54, 1.807) is 6.07 Å². The maximum Gasteiger partial charge on any atom is 0.269 e. The molecule has 3 aromatic rings. The van der Waals surface area contributed by atoms with Gasteiger partial charge in [0.05, 0.1) is 12.1 Å². The minimum absolute atomic E-state index is 0.139. The Hall–Kier alpha value is -2.88. The van der Waals surface area contributed by atoms with Gasteiger partial charge in [-0.15, -0.1) is 0 Å². The summed E-state index contributed by atoms with van der Waals surface area (Å²) in [5.41, 5.74) is 2.48. The number of amides is 1. The van der Waals surface area contributed by atoms with Gasteiger partial charge in [0.15, 0.2) is 0 Å². The first kappa shape index (κ1) is 14.7. The van der Waals surface area contributed by atoms with Gasteiger partial charge in [0.2, 0.25) is 0 Å². The number of carbonyl (C=O) groups is 1. The Kier molecular flexibility index (Phi) is 3.87. The van der Waals surface area contributed by atoms with Gasteiger partial charge in [-0.05, 0) is 30.2 Å². The maximum atomic E-state index is 12.4. The van der Waals surface area contributed by atoms with Gasteiger partial charge in [-0.25, -0.2) is 4.98 Å². The molecule has 0 radical (unpaired) electrons. The lowest BCUT2D eigenvalue weighted by Gasteiger charge is -2.25. The summed E-state index contributed by atoms with van der Waals surface area (Å²) in [6, 6.07) is 19.5. The van der Waals surface area contributed by atoms with Gasteiger partial charge >= 0.3 is 0 Å². The van der Waals surface area contributed by atoms with Crippen LogP contribution < -0.4 is 10.1 Å². The molecule has 2 aromatic carbocycles. The van der Waals surface area contributed by atoms with Crippen molar-refractivity contribution in [1.82, 2.24) is 10.3 Å². The monoisotopic (exact) mass is 318 g/mol. The number of nitrogens with one attached hydrogen (secondary N) is 1. The van der Waals surface area contributed by atoms with E-state index >= 15 is 0 Å². The van der Waals surface area contributed by atoms with Gasteiger partial charge in [0, 0.05) is 17.8 Å². The molecule has 1 N–H and O–H groups in total. The average molecular weight is 318 g/mol. The Labute approximate surface area is 140 Å². The smallest absolute Gasteiger partial charge is 0.269 e. The van der Waals surface area contributed by atoms with Gasteiger partial charge in [-0.1, -0.05) is 42.5 Å². The van der Waals surface area contributed by atoms with E-state index in [9.17, 15) is 4.79 Å². The van der Waals surface area contributed by atoms with Crippen LogP contribution in [0.4, 0.5) is 0 Å². The van der Waals surface area contributed by atoms with Crippen LogP contribution in [-0.4, -0.2) is 24.0 Å². The van der Waals surface area contributed by atoms with Crippen LogP contribution in [0.5, 0.6) is 5.75 Å². The molecule has 1 atom stereocenters. The molecule has 1 amide bonds. The molecular formula is C20H18N2O2. The third-order valence-corrected chi connectivity index (χ3v) is 4.34. The second-order valence-electron chi connectivity index (χ2n) is 6.09. The molecule has 0 saturated carbocycles. The molecule has 0 fully saturated rings. The predicted molar refractivity (Wildman–Crippen MR) is 93.2 cm³/mol. The van der Waals surface area contributed by atoms with E-state index in [0.29, 0.717) is 18.8 Å². The number of benzene rings is 2. The van der Waals surface area contributed by atoms with Gasteiger partial charge in [-0.2, -0.15) is 0 Å². The summed E-state index contributed by atoms with van der Waals surface area (Å²) in [4.78, 5) is 16.8. The fourth-order valence-electron chi connectivity index (χ4n) is 3.04. The number of rotatable bonds is 3. The van der Waals surface area contributed by atoms with Gasteiger partial charge < -0.3 is 10.1 Å². The fraction of sp³-hybridized carbons (Fsp3) is 0.200. The molecule has 24 heavy (non-hydrogen) atoms. The SMILES string of the molecule is O=C(NC[C@H]1COc2ccccc2C1)c1ccc2ccccc2n1. The highest BCUT2D eigenvalue weighted by molar-refractivity contribution is 5.94. The second-order valence-corrected chi connectivity index (χ2v) is 6.09. The minimum atomic E-state index is -0.139. The first-order valence-corrected chi connectivity index (χ1v) is 8.14. The lowest BCUT2D eigenvalue weighted by Crippen LogP contribution is -2.35. The van der Waals surface area contributed by atoms with Crippen molar-refractivity contribution in [3.63, 3.8) is 0 Å². The summed E-state index contributed by atoms with van der Waals surface area (Å²) in [7, 11) is 0. The highest BCUT2D eigenvalue weighted by atomic mass is 16.5. The Morgan fingerprint density at radius 2 is 1.92 bits per heavy atom. The summed E-state index contributed by atoms with van der Waals surface area (Å²) < 4.78 is 5.76. The molecule has 4 heteroatoms. The molecule has 4 nitrogen and oxygen atoms in total. The van der Waals surface area contributed by atoms with E-state index in [1.807, 2.05) is 48.5 Å². The molecule has 2 heterocycles. The van der Waals surface area contributed by atoms with E-state index < -0.39 is 0 Å². The number of hydrogen-bond donors (Lipinski definition) is 1. The quantitative estimate of drug-likeness (QED) is 0.807. The Bertz CT molecular complexity index is 891. The molecule has 0 bridgehead atoms. The van der Waals surface area contributed by atoms with Crippen molar-refractivity contribution in [2.24, 2.45) is 5.92 Å². The van der Waals surface area contributed by atoms with Crippen molar-refractivity contribution in [3.8, 4) is 5.75 Å². The highest BCUT2D eigenvalue weighted by Crippen LogP contribution is 2.26. The molecule has 0 saturated heterocycles. The van der Waals surface area contributed by atoms with E-state index in [2.05, 4.69) is 16.4 Å². The van der Waals surface area contributed by atoms with Crippen LogP contribution in [0.3, 0.4) is 0 Å². The van der Waals surface area contributed by atoms with Crippen LogP contribution in [-0.2, 0) is 6.42 Å². The zero-order valence-corrected chi connectivity index (χ0v) is 13.2. The van der Waals surface area contributed by atoms with Crippen molar-refractivity contribution >= 4 is 16.8 Å². The summed E-state index contributed by atoms with van der Waals surface area (Å²) >= 11 is 0. The molecule has 120 valence electrons. The molecular weight excluding hydrogens is 300 g/mol. The molecule has 4 rings (SSSR count). The topological polar surface area (TPSA) is 51.2 Å². The largest absolute Gasteiger partial charge is 0.493 e. The molecule has 1 aromatic heterocycles. The lowest BCUT2D eigenvalue weighted by atomic mass is 9.97. The number of carbonyl (C=O) groups excluding carboxylic acids is 1. The van der Waals surface area contributed by atoms with Gasteiger partial charge in [0.25, 0.3) is 5.91 Å². The van der Waals surface area contributed by atoms with Crippen molar-refractivity contribution in [2.75, 3.05) is 13.2 Å². The molecule has 0 spiro atoms. The molecule has 1 aliphatic heterocycles. The molecule has 0 unspecified atom stereocenters. The first-order valence-electron chi connectivity index (χ1n) is 8.14. The van der Waals surface area contributed by atoms with Crippen molar-refractivity contribution in [2.45, 2.75) is 6.42 Å². The van der Waals surface area contributed by atoms with Crippen molar-refractivity contribution in [3.05, 3.63) is 71.9 Å². The lowest BCUT2D eigenvalue weighted by molar-refractivity contribution is 0.0934. The third kappa shape index (κ3) is 2.95. The summed E-state index contributed by atoms with van der Waals surface area (Å²) in [5, 5.41) is 4.02. The zero-order chi connectivity index (χ0) is 16.4. The van der Waals surface area contributed by atoms with Crippen LogP contribution in [0.15, 0.2) is 60.7 Å². The number of ether oxygens (including phenoxy) is 1. The summed E-state index contributed by atoms with van der Waals surface area (Å²) in [6.45, 7) is 1.21. The molecule has 0 aliphatic carbocycles. The zero-order valence-electron chi connectivity index (χ0n) is 13.2. The van der Waals surface area contributed by atoms with Gasteiger partial charge in [-0.3, -0.25) is 4.79 Å². The van der Waals surface area contributed by atoms with Crippen LogP contribution >= 0.6 is 0 Å². The van der Waals surface area contributed by atoms with E-state index in [-0.39, 0.29) is 11.8 Å². The number of hydrogen-bond acceptors (Lipinski definition) is 3. The Balaban J connectivity index is 1.41. The third-order valence-electron chi connectivity index (χ3n) is 4.34. The fourth-order valence-corrected chi connectivity index (χ4v) is 3.04. The average Bonchev–Trinajstić information content (AvgIpc) is 2.65. The summed E-state index contributed by atoms with van der Waals surface area (Å²) in [6.07, 6.45) is 0.918. The maximum absolute atomic E-state index is 12.4. The number of nitrogens with zero attached hydrogens (tertiary/aromatic N) is 1. The first-order chi connectivity index (χ1) is 11.8. The van der Waals surface area contributed by atoms with Crippen molar-refractivity contribution < 1.29 is 9.53 Å². The van der Waals surface area contributed by atoms with Crippen LogP contribution in [0.2, 0.25) is 0 Å². The number of fused-ring (bicyclic) bond motifs is 2. The summed E-state index contributed by atoms with van der Waals surface area (Å²) in [5.74, 6) is 1.10. The number of para-hydroxylation sites is 2. The van der Waals surface area contributed by atoms with Crippen LogP contribution in [0.25, 0.3) is 10.9 Å². The van der Waals surface area contributed by atoms with Crippen LogP contribution in [0, 0.1) is 5.92 Å². The van der Waals surface area contributed by atoms with E-state index in [0.717, 1.165) is 23.1 Å². The van der Waals surface area contributed by atoms with E-state index in [4.69, 9.17) is 4.74 Å². The van der Waals surface area contributed by atoms with Crippen LogP contribution in [0.1, 0.15) is 16.1 Å². The van der Waals surface area contributed by atoms with Crippen molar-refractivity contribution in [1.29, 1.82) is 0 Å². The Morgan fingerprint density at radius 1 is 1.08 bits per heavy atom.